The van der Waals surface area contributed by atoms with Crippen molar-refractivity contribution in [2.45, 2.75) is 44.9 Å². The lowest BCUT2D eigenvalue weighted by molar-refractivity contribution is -0.137. The summed E-state index contributed by atoms with van der Waals surface area (Å²) in [4.78, 5) is 10.3. The van der Waals surface area contributed by atoms with E-state index in [9.17, 15) is 9.18 Å². The van der Waals surface area contributed by atoms with Crippen molar-refractivity contribution in [3.05, 3.63) is 41.7 Å². The SMILES string of the molecule is O=C(O)CCCCCCCC=Cc1ccccc1F. The molecule has 3 heteroatoms. The van der Waals surface area contributed by atoms with E-state index < -0.39 is 5.97 Å². The third-order valence-electron chi connectivity index (χ3n) is 2.96. The van der Waals surface area contributed by atoms with Crippen LogP contribution in [0.1, 0.15) is 50.5 Å². The summed E-state index contributed by atoms with van der Waals surface area (Å²) < 4.78 is 13.3. The van der Waals surface area contributed by atoms with Crippen molar-refractivity contribution in [3.63, 3.8) is 0 Å². The number of hydrogen-bond donors (Lipinski definition) is 1. The summed E-state index contributed by atoms with van der Waals surface area (Å²) in [7, 11) is 0. The lowest BCUT2D eigenvalue weighted by Gasteiger charge is -1.98. The molecule has 1 N–H and O–H groups in total. The van der Waals surface area contributed by atoms with Gasteiger partial charge in [0.05, 0.1) is 0 Å². The maximum absolute atomic E-state index is 13.3. The molecule has 2 nitrogen and oxygen atoms in total. The molecule has 104 valence electrons. The van der Waals surface area contributed by atoms with Gasteiger partial charge in [0.25, 0.3) is 0 Å². The van der Waals surface area contributed by atoms with Gasteiger partial charge >= 0.3 is 5.97 Å². The molecular formula is C16H21FO2. The van der Waals surface area contributed by atoms with Gasteiger partial charge in [0.1, 0.15) is 5.82 Å². The Morgan fingerprint density at radius 1 is 1.11 bits per heavy atom. The maximum atomic E-state index is 13.3. The topological polar surface area (TPSA) is 37.3 Å². The van der Waals surface area contributed by atoms with Crippen molar-refractivity contribution in [1.29, 1.82) is 0 Å². The molecule has 0 heterocycles. The van der Waals surface area contributed by atoms with E-state index in [1.807, 2.05) is 18.2 Å². The summed E-state index contributed by atoms with van der Waals surface area (Å²) in [6.07, 6.45) is 10.00. The standard InChI is InChI=1S/C16H21FO2/c17-15-12-9-8-11-14(15)10-6-4-2-1-3-5-7-13-16(18)19/h6,8-12H,1-5,7,13H2,(H,18,19). The highest BCUT2D eigenvalue weighted by Gasteiger charge is 1.96. The summed E-state index contributed by atoms with van der Waals surface area (Å²) in [5.41, 5.74) is 0.629. The van der Waals surface area contributed by atoms with Crippen LogP contribution in [-0.4, -0.2) is 11.1 Å². The highest BCUT2D eigenvalue weighted by Crippen LogP contribution is 2.11. The summed E-state index contributed by atoms with van der Waals surface area (Å²) >= 11 is 0. The lowest BCUT2D eigenvalue weighted by atomic mass is 10.1. The summed E-state index contributed by atoms with van der Waals surface area (Å²) in [6.45, 7) is 0. The molecule has 1 aromatic carbocycles. The van der Waals surface area contributed by atoms with Crippen LogP contribution < -0.4 is 0 Å². The Bertz CT molecular complexity index is 413. The molecule has 0 aliphatic heterocycles. The third kappa shape index (κ3) is 7.39. The first-order valence-electron chi connectivity index (χ1n) is 6.83. The number of hydrogen-bond acceptors (Lipinski definition) is 1. The highest BCUT2D eigenvalue weighted by atomic mass is 19.1. The first-order chi connectivity index (χ1) is 9.20. The molecule has 0 radical (unpaired) electrons. The second kappa shape index (κ2) is 9.31. The summed E-state index contributed by atoms with van der Waals surface area (Å²) in [6, 6.07) is 6.73. The van der Waals surface area contributed by atoms with Crippen molar-refractivity contribution in [1.82, 2.24) is 0 Å². The largest absolute Gasteiger partial charge is 0.481 e. The Hall–Kier alpha value is -1.64. The third-order valence-corrected chi connectivity index (χ3v) is 2.96. The zero-order valence-corrected chi connectivity index (χ0v) is 11.1. The maximum Gasteiger partial charge on any atom is 0.303 e. The van der Waals surface area contributed by atoms with Gasteiger partial charge in [0.15, 0.2) is 0 Å². The number of allylic oxidation sites excluding steroid dienone is 1. The van der Waals surface area contributed by atoms with E-state index in [-0.39, 0.29) is 12.2 Å². The molecule has 0 fully saturated rings. The van der Waals surface area contributed by atoms with Gasteiger partial charge in [-0.1, -0.05) is 49.6 Å². The smallest absolute Gasteiger partial charge is 0.303 e. The quantitative estimate of drug-likeness (QED) is 0.659. The van der Waals surface area contributed by atoms with Crippen molar-refractivity contribution in [3.8, 4) is 0 Å². The minimum atomic E-state index is -0.715. The number of carboxylic acid groups (broad SMARTS) is 1. The van der Waals surface area contributed by atoms with E-state index >= 15 is 0 Å². The van der Waals surface area contributed by atoms with Gasteiger partial charge in [-0.2, -0.15) is 0 Å². The fourth-order valence-corrected chi connectivity index (χ4v) is 1.89. The van der Waals surface area contributed by atoms with Crippen LogP contribution in [0.2, 0.25) is 0 Å². The number of aliphatic carboxylic acids is 1. The molecule has 0 aliphatic rings. The van der Waals surface area contributed by atoms with E-state index in [2.05, 4.69) is 0 Å². The molecule has 0 saturated heterocycles. The predicted molar refractivity (Wildman–Crippen MR) is 75.4 cm³/mol. The molecule has 0 bridgehead atoms. The Balaban J connectivity index is 2.05. The highest BCUT2D eigenvalue weighted by molar-refractivity contribution is 5.66. The van der Waals surface area contributed by atoms with Crippen molar-refractivity contribution >= 4 is 12.0 Å². The van der Waals surface area contributed by atoms with Gasteiger partial charge in [-0.3, -0.25) is 4.79 Å². The molecule has 0 unspecified atom stereocenters. The zero-order chi connectivity index (χ0) is 13.9. The van der Waals surface area contributed by atoms with Crippen LogP contribution >= 0.6 is 0 Å². The molecule has 0 atom stereocenters. The van der Waals surface area contributed by atoms with Gasteiger partial charge in [-0.05, 0) is 25.3 Å². The van der Waals surface area contributed by atoms with Gasteiger partial charge in [0.2, 0.25) is 0 Å². The molecule has 0 amide bonds. The minimum Gasteiger partial charge on any atom is -0.481 e. The molecule has 1 aromatic rings. The molecule has 0 saturated carbocycles. The Morgan fingerprint density at radius 3 is 2.53 bits per heavy atom. The second-order valence-corrected chi connectivity index (χ2v) is 4.62. The zero-order valence-electron chi connectivity index (χ0n) is 11.1. The van der Waals surface area contributed by atoms with Crippen molar-refractivity contribution in [2.24, 2.45) is 0 Å². The van der Waals surface area contributed by atoms with E-state index in [0.717, 1.165) is 38.5 Å². The Morgan fingerprint density at radius 2 is 1.79 bits per heavy atom. The van der Waals surface area contributed by atoms with Gasteiger partial charge in [-0.15, -0.1) is 0 Å². The van der Waals surface area contributed by atoms with Crippen LogP contribution in [0.15, 0.2) is 30.3 Å². The van der Waals surface area contributed by atoms with Gasteiger partial charge in [0, 0.05) is 12.0 Å². The van der Waals surface area contributed by atoms with Crippen molar-refractivity contribution in [2.75, 3.05) is 0 Å². The van der Waals surface area contributed by atoms with E-state index in [1.54, 1.807) is 12.1 Å². The average molecular weight is 264 g/mol. The monoisotopic (exact) mass is 264 g/mol. The van der Waals surface area contributed by atoms with Crippen LogP contribution in [0.5, 0.6) is 0 Å². The number of rotatable bonds is 9. The number of halogens is 1. The normalized spacial score (nSPS) is 11.0. The first kappa shape index (κ1) is 15.4. The average Bonchev–Trinajstić information content (AvgIpc) is 2.38. The fourth-order valence-electron chi connectivity index (χ4n) is 1.89. The van der Waals surface area contributed by atoms with E-state index in [0.29, 0.717) is 5.56 Å². The second-order valence-electron chi connectivity index (χ2n) is 4.62. The Kier molecular flexibility index (Phi) is 7.56. The van der Waals surface area contributed by atoms with Crippen LogP contribution in [0.4, 0.5) is 4.39 Å². The predicted octanol–water partition coefficient (Wildman–Crippen LogP) is 4.65. The number of benzene rings is 1. The van der Waals surface area contributed by atoms with Crippen LogP contribution in [0.3, 0.4) is 0 Å². The molecule has 19 heavy (non-hydrogen) atoms. The molecule has 1 rings (SSSR count). The van der Waals surface area contributed by atoms with Gasteiger partial charge in [-0.25, -0.2) is 4.39 Å². The van der Waals surface area contributed by atoms with Crippen LogP contribution in [-0.2, 0) is 4.79 Å². The van der Waals surface area contributed by atoms with Crippen molar-refractivity contribution < 1.29 is 14.3 Å². The molecular weight excluding hydrogens is 243 g/mol. The summed E-state index contributed by atoms with van der Waals surface area (Å²) in [5.74, 6) is -0.903. The fraction of sp³-hybridized carbons (Fsp3) is 0.438. The molecule has 0 aromatic heterocycles. The van der Waals surface area contributed by atoms with Crippen LogP contribution in [0.25, 0.3) is 6.08 Å². The number of carboxylic acids is 1. The minimum absolute atomic E-state index is 0.188. The van der Waals surface area contributed by atoms with Gasteiger partial charge < -0.3 is 5.11 Å². The molecule has 0 aliphatic carbocycles. The lowest BCUT2D eigenvalue weighted by Crippen LogP contribution is -1.93. The van der Waals surface area contributed by atoms with E-state index in [4.69, 9.17) is 5.11 Å². The van der Waals surface area contributed by atoms with E-state index in [1.165, 1.54) is 6.07 Å². The first-order valence-corrected chi connectivity index (χ1v) is 6.83. The number of carbonyl (C=O) groups is 1. The summed E-state index contributed by atoms with van der Waals surface area (Å²) in [5, 5.41) is 8.48. The Labute approximate surface area is 114 Å². The number of unbranched alkanes of at least 4 members (excludes halogenated alkanes) is 5. The van der Waals surface area contributed by atoms with Crippen LogP contribution in [0, 0.1) is 5.82 Å². The molecule has 0 spiro atoms.